The highest BCUT2D eigenvalue weighted by Gasteiger charge is 2.43. The molecule has 0 fully saturated rings. The van der Waals surface area contributed by atoms with Gasteiger partial charge in [0.25, 0.3) is 10.0 Å². The fraction of sp³-hybridized carbons (Fsp3) is 0.238. The third-order valence-electron chi connectivity index (χ3n) is 4.43. The van der Waals surface area contributed by atoms with Gasteiger partial charge in [0.05, 0.1) is 17.6 Å². The first kappa shape index (κ1) is 20.6. The molecule has 0 aromatic heterocycles. The number of aryl methyl sites for hydroxylation is 1. The van der Waals surface area contributed by atoms with Crippen LogP contribution in [0.25, 0.3) is 5.76 Å². The molecule has 0 unspecified atom stereocenters. The minimum absolute atomic E-state index is 0.0481. The van der Waals surface area contributed by atoms with Crippen molar-refractivity contribution in [1.29, 1.82) is 0 Å². The first-order chi connectivity index (χ1) is 13.7. The molecule has 0 saturated heterocycles. The van der Waals surface area contributed by atoms with Gasteiger partial charge in [0, 0.05) is 11.6 Å². The lowest BCUT2D eigenvalue weighted by molar-refractivity contribution is -0.137. The number of carbonyl (C=O) groups excluding carboxylic acids is 2. The maximum absolute atomic E-state index is 13.2. The quantitative estimate of drug-likeness (QED) is 0.713. The summed E-state index contributed by atoms with van der Waals surface area (Å²) in [6.45, 7) is 5.12. The number of esters is 2. The molecule has 2 aromatic carbocycles. The Morgan fingerprint density at radius 2 is 1.59 bits per heavy atom. The third-order valence-corrected chi connectivity index (χ3v) is 6.47. The lowest BCUT2D eigenvalue weighted by atomic mass is 10.1. The maximum Gasteiger partial charge on any atom is 0.359 e. The number of nitrogens with zero attached hydrogens (tertiary/aromatic N) is 1. The van der Waals surface area contributed by atoms with Crippen LogP contribution in [-0.4, -0.2) is 37.8 Å². The standard InChI is InChI=1S/C21H21NO6S/c1-13(2)22-18(21(24)27-4)19(16-7-5-6-8-17(16)29(22,25)26)28-20(23)15-11-9-14(3)10-12-15/h5-13H,1-4H3. The number of fused-ring (bicyclic) bond motifs is 1. The number of carbonyl (C=O) groups is 2. The van der Waals surface area contributed by atoms with Crippen molar-refractivity contribution in [3.05, 3.63) is 70.9 Å². The molecule has 0 bridgehead atoms. The fourth-order valence-electron chi connectivity index (χ4n) is 3.09. The summed E-state index contributed by atoms with van der Waals surface area (Å²) in [6, 6.07) is 12.2. The molecule has 29 heavy (non-hydrogen) atoms. The molecule has 8 heteroatoms. The van der Waals surface area contributed by atoms with Crippen molar-refractivity contribution >= 4 is 27.7 Å². The van der Waals surface area contributed by atoms with Crippen molar-refractivity contribution in [2.45, 2.75) is 31.7 Å². The van der Waals surface area contributed by atoms with Crippen molar-refractivity contribution in [2.24, 2.45) is 0 Å². The van der Waals surface area contributed by atoms with Crippen molar-refractivity contribution in [1.82, 2.24) is 4.31 Å². The Bertz CT molecular complexity index is 1100. The van der Waals surface area contributed by atoms with Crippen LogP contribution in [0.15, 0.2) is 59.1 Å². The molecule has 0 radical (unpaired) electrons. The summed E-state index contributed by atoms with van der Waals surface area (Å²) in [7, 11) is -2.90. The van der Waals surface area contributed by atoms with Gasteiger partial charge in [-0.1, -0.05) is 29.8 Å². The minimum Gasteiger partial charge on any atom is -0.464 e. The second kappa shape index (κ2) is 7.71. The van der Waals surface area contributed by atoms with E-state index in [0.717, 1.165) is 17.0 Å². The van der Waals surface area contributed by atoms with E-state index in [0.29, 0.717) is 0 Å². The Balaban J connectivity index is 2.24. The van der Waals surface area contributed by atoms with E-state index in [1.807, 2.05) is 6.92 Å². The molecular formula is C21H21NO6S. The number of sulfonamides is 1. The van der Waals surface area contributed by atoms with Crippen LogP contribution in [0.4, 0.5) is 0 Å². The Hall–Kier alpha value is -3.13. The lowest BCUT2D eigenvalue weighted by Gasteiger charge is -2.34. The van der Waals surface area contributed by atoms with Crippen molar-refractivity contribution in [3.8, 4) is 0 Å². The van der Waals surface area contributed by atoms with Gasteiger partial charge in [0.2, 0.25) is 0 Å². The first-order valence-corrected chi connectivity index (χ1v) is 10.4. The normalized spacial score (nSPS) is 15.1. The zero-order valence-corrected chi connectivity index (χ0v) is 17.3. The van der Waals surface area contributed by atoms with Crippen LogP contribution in [0.5, 0.6) is 0 Å². The van der Waals surface area contributed by atoms with Crippen molar-refractivity contribution < 1.29 is 27.5 Å². The van der Waals surface area contributed by atoms with E-state index in [-0.39, 0.29) is 27.5 Å². The van der Waals surface area contributed by atoms with E-state index < -0.39 is 28.0 Å². The van der Waals surface area contributed by atoms with Crippen LogP contribution >= 0.6 is 0 Å². The van der Waals surface area contributed by atoms with E-state index >= 15 is 0 Å². The van der Waals surface area contributed by atoms with Crippen LogP contribution in [0.3, 0.4) is 0 Å². The van der Waals surface area contributed by atoms with Gasteiger partial charge in [0.1, 0.15) is 0 Å². The summed E-state index contributed by atoms with van der Waals surface area (Å²) in [4.78, 5) is 25.3. The summed E-state index contributed by atoms with van der Waals surface area (Å²) < 4.78 is 37.7. The molecule has 7 nitrogen and oxygen atoms in total. The SMILES string of the molecule is COC(=O)C1=C(OC(=O)c2ccc(C)cc2)c2ccccc2S(=O)(=O)N1C(C)C. The largest absolute Gasteiger partial charge is 0.464 e. The first-order valence-electron chi connectivity index (χ1n) is 8.93. The van der Waals surface area contributed by atoms with Crippen LogP contribution in [0.2, 0.25) is 0 Å². The van der Waals surface area contributed by atoms with Gasteiger partial charge in [-0.25, -0.2) is 18.0 Å². The number of hydrogen-bond acceptors (Lipinski definition) is 6. The molecule has 152 valence electrons. The van der Waals surface area contributed by atoms with Gasteiger partial charge in [-0.3, -0.25) is 4.31 Å². The Labute approximate surface area is 169 Å². The highest BCUT2D eigenvalue weighted by atomic mass is 32.2. The molecule has 0 amide bonds. The van der Waals surface area contributed by atoms with Gasteiger partial charge in [0.15, 0.2) is 11.5 Å². The molecule has 1 aliphatic rings. The second-order valence-corrected chi connectivity index (χ2v) is 8.60. The summed E-state index contributed by atoms with van der Waals surface area (Å²) in [5.41, 5.74) is 1.04. The van der Waals surface area contributed by atoms with E-state index in [9.17, 15) is 18.0 Å². The molecule has 3 rings (SSSR count). The van der Waals surface area contributed by atoms with Crippen LogP contribution in [0, 0.1) is 6.92 Å². The van der Waals surface area contributed by atoms with Crippen LogP contribution in [-0.2, 0) is 24.3 Å². The summed E-state index contributed by atoms with van der Waals surface area (Å²) in [5, 5.41) is 0. The number of hydrogen-bond donors (Lipinski definition) is 0. The number of ether oxygens (including phenoxy) is 2. The molecule has 0 spiro atoms. The van der Waals surface area contributed by atoms with Gasteiger partial charge in [-0.05, 0) is 45.0 Å². The lowest BCUT2D eigenvalue weighted by Crippen LogP contribution is -2.43. The third kappa shape index (κ3) is 3.63. The predicted molar refractivity (Wildman–Crippen MR) is 106 cm³/mol. The number of benzene rings is 2. The van der Waals surface area contributed by atoms with E-state index in [2.05, 4.69) is 0 Å². The van der Waals surface area contributed by atoms with Gasteiger partial charge in [-0.2, -0.15) is 0 Å². The average Bonchev–Trinajstić information content (AvgIpc) is 2.69. The maximum atomic E-state index is 13.2. The van der Waals surface area contributed by atoms with E-state index in [1.54, 1.807) is 50.2 Å². The van der Waals surface area contributed by atoms with Crippen LogP contribution in [0.1, 0.15) is 35.3 Å². The van der Waals surface area contributed by atoms with Gasteiger partial charge in [-0.15, -0.1) is 0 Å². The Morgan fingerprint density at radius 1 is 0.966 bits per heavy atom. The van der Waals surface area contributed by atoms with Crippen molar-refractivity contribution in [3.63, 3.8) is 0 Å². The molecule has 0 aliphatic carbocycles. The monoisotopic (exact) mass is 415 g/mol. The number of rotatable bonds is 4. The summed E-state index contributed by atoms with van der Waals surface area (Å²) in [5.74, 6) is -1.77. The summed E-state index contributed by atoms with van der Waals surface area (Å²) in [6.07, 6.45) is 0. The van der Waals surface area contributed by atoms with Gasteiger partial charge < -0.3 is 9.47 Å². The predicted octanol–water partition coefficient (Wildman–Crippen LogP) is 3.11. The molecule has 0 N–H and O–H groups in total. The van der Waals surface area contributed by atoms with E-state index in [1.165, 1.54) is 12.1 Å². The minimum atomic E-state index is -4.04. The van der Waals surface area contributed by atoms with Crippen LogP contribution < -0.4 is 0 Å². The smallest absolute Gasteiger partial charge is 0.359 e. The zero-order chi connectivity index (χ0) is 21.3. The molecule has 2 aromatic rings. The second-order valence-electron chi connectivity index (χ2n) is 6.82. The topological polar surface area (TPSA) is 90.0 Å². The van der Waals surface area contributed by atoms with E-state index in [4.69, 9.17) is 9.47 Å². The van der Waals surface area contributed by atoms with Crippen molar-refractivity contribution in [2.75, 3.05) is 7.11 Å². The molecule has 0 atom stereocenters. The highest BCUT2D eigenvalue weighted by Crippen LogP contribution is 2.39. The molecule has 1 heterocycles. The van der Waals surface area contributed by atoms with Gasteiger partial charge >= 0.3 is 11.9 Å². The fourth-order valence-corrected chi connectivity index (χ4v) is 4.95. The molecule has 1 aliphatic heterocycles. The Kier molecular flexibility index (Phi) is 5.48. The Morgan fingerprint density at radius 3 is 2.17 bits per heavy atom. The number of methoxy groups -OCH3 is 1. The molecule has 0 saturated carbocycles. The highest BCUT2D eigenvalue weighted by molar-refractivity contribution is 7.89. The summed E-state index contributed by atoms with van der Waals surface area (Å²) >= 11 is 0. The average molecular weight is 415 g/mol. The molecular weight excluding hydrogens is 394 g/mol. The zero-order valence-electron chi connectivity index (χ0n) is 16.5.